The standard InChI is InChI=1S/C30H35Cl2FN6O2/c1-2-22-18-38(12-13-39(22)23-6-10-36(11-7-23)17-19-4-5-20(31)14-25(19)33)30-24(32)15-21(16-34-30)35-26-27(29(41)28(26)40)37-8-3-9-37/h4-5,14-16,22-23,35H,2-3,6-13,17-18H2,1H3/t22-/m0/s1. The lowest BCUT2D eigenvalue weighted by molar-refractivity contribution is 0.0607. The van der Waals surface area contributed by atoms with Gasteiger partial charge in [0.25, 0.3) is 10.9 Å². The summed E-state index contributed by atoms with van der Waals surface area (Å²) < 4.78 is 14.3. The Morgan fingerprint density at radius 2 is 1.78 bits per heavy atom. The molecule has 2 aromatic carbocycles. The van der Waals surface area contributed by atoms with Crippen molar-refractivity contribution in [2.45, 2.75) is 51.2 Å². The minimum absolute atomic E-state index is 0.238. The largest absolute Gasteiger partial charge is 0.366 e. The van der Waals surface area contributed by atoms with Gasteiger partial charge in [-0.2, -0.15) is 0 Å². The third-order valence-electron chi connectivity index (χ3n) is 8.88. The molecule has 41 heavy (non-hydrogen) atoms. The topological polar surface area (TPSA) is 72.0 Å². The van der Waals surface area contributed by atoms with E-state index in [0.29, 0.717) is 51.3 Å². The lowest BCUT2D eigenvalue weighted by Crippen LogP contribution is -2.58. The fourth-order valence-corrected chi connectivity index (χ4v) is 6.86. The van der Waals surface area contributed by atoms with Crippen molar-refractivity contribution in [3.8, 4) is 0 Å². The maximum Gasteiger partial charge on any atom is 0.253 e. The third-order valence-corrected chi connectivity index (χ3v) is 9.40. The quantitative estimate of drug-likeness (QED) is 0.375. The maximum atomic E-state index is 14.3. The number of anilines is 4. The monoisotopic (exact) mass is 600 g/mol. The van der Waals surface area contributed by atoms with Crippen LogP contribution in [0.1, 0.15) is 38.2 Å². The molecule has 6 rings (SSSR count). The number of halogens is 3. The zero-order valence-corrected chi connectivity index (χ0v) is 24.7. The molecule has 0 spiro atoms. The van der Waals surface area contributed by atoms with Crippen LogP contribution in [0.2, 0.25) is 10.0 Å². The van der Waals surface area contributed by atoms with Crippen LogP contribution in [0.3, 0.4) is 0 Å². The van der Waals surface area contributed by atoms with Crippen LogP contribution in [0, 0.1) is 5.82 Å². The zero-order chi connectivity index (χ0) is 28.7. The second kappa shape index (κ2) is 11.9. The van der Waals surface area contributed by atoms with E-state index in [1.54, 1.807) is 24.4 Å². The van der Waals surface area contributed by atoms with Gasteiger partial charge in [0.2, 0.25) is 0 Å². The van der Waals surface area contributed by atoms with Crippen molar-refractivity contribution < 1.29 is 4.39 Å². The molecule has 3 saturated heterocycles. The van der Waals surface area contributed by atoms with Crippen LogP contribution in [0.25, 0.3) is 0 Å². The predicted molar refractivity (Wildman–Crippen MR) is 163 cm³/mol. The average molecular weight is 602 g/mol. The number of aromatic nitrogens is 1. The summed E-state index contributed by atoms with van der Waals surface area (Å²) >= 11 is 12.6. The predicted octanol–water partition coefficient (Wildman–Crippen LogP) is 4.64. The van der Waals surface area contributed by atoms with Crippen LogP contribution < -0.4 is 26.0 Å². The van der Waals surface area contributed by atoms with Crippen molar-refractivity contribution in [3.05, 3.63) is 72.3 Å². The van der Waals surface area contributed by atoms with Crippen LogP contribution in [-0.4, -0.2) is 72.7 Å². The van der Waals surface area contributed by atoms with Crippen molar-refractivity contribution >= 4 is 46.1 Å². The Hall–Kier alpha value is -2.72. The van der Waals surface area contributed by atoms with E-state index in [-0.39, 0.29) is 5.82 Å². The van der Waals surface area contributed by atoms with Gasteiger partial charge in [0.15, 0.2) is 0 Å². The molecule has 1 N–H and O–H groups in total. The highest BCUT2D eigenvalue weighted by molar-refractivity contribution is 6.33. The normalized spacial score (nSPS) is 20.9. The van der Waals surface area contributed by atoms with Gasteiger partial charge < -0.3 is 15.1 Å². The number of piperidine rings is 1. The minimum Gasteiger partial charge on any atom is -0.366 e. The molecule has 0 unspecified atom stereocenters. The molecular formula is C30H35Cl2FN6O2. The molecule has 3 aliphatic rings. The van der Waals surface area contributed by atoms with Gasteiger partial charge in [-0.05, 0) is 57.0 Å². The summed E-state index contributed by atoms with van der Waals surface area (Å²) in [6.07, 6.45) is 5.85. The third kappa shape index (κ3) is 5.69. The van der Waals surface area contributed by atoms with E-state index in [4.69, 9.17) is 23.2 Å². The Morgan fingerprint density at radius 3 is 2.44 bits per heavy atom. The molecule has 0 aliphatic carbocycles. The SMILES string of the molecule is CC[C@H]1CN(c2ncc(Nc3c(N4CCC4)c(=O)c3=O)cc2Cl)CCN1C1CCN(Cc2ccc(Cl)cc2F)CC1. The van der Waals surface area contributed by atoms with E-state index in [0.717, 1.165) is 77.3 Å². The van der Waals surface area contributed by atoms with Crippen LogP contribution in [0.4, 0.5) is 27.3 Å². The van der Waals surface area contributed by atoms with Gasteiger partial charge in [0.05, 0.1) is 16.9 Å². The van der Waals surface area contributed by atoms with E-state index in [2.05, 4.69) is 31.9 Å². The highest BCUT2D eigenvalue weighted by Gasteiger charge is 2.34. The summed E-state index contributed by atoms with van der Waals surface area (Å²) in [7, 11) is 0. The van der Waals surface area contributed by atoms with Crippen molar-refractivity contribution in [2.24, 2.45) is 0 Å². The van der Waals surface area contributed by atoms with E-state index in [1.807, 2.05) is 4.90 Å². The van der Waals surface area contributed by atoms with Crippen LogP contribution in [-0.2, 0) is 6.54 Å². The Kier molecular flexibility index (Phi) is 8.23. The van der Waals surface area contributed by atoms with E-state index >= 15 is 0 Å². The summed E-state index contributed by atoms with van der Waals surface area (Å²) in [6, 6.07) is 7.59. The maximum absolute atomic E-state index is 14.3. The fourth-order valence-electron chi connectivity index (χ4n) is 6.42. The van der Waals surface area contributed by atoms with Gasteiger partial charge in [-0.1, -0.05) is 36.2 Å². The van der Waals surface area contributed by atoms with Crippen molar-refractivity contribution in [1.82, 2.24) is 14.8 Å². The molecule has 3 aromatic rings. The number of pyridine rings is 1. The lowest BCUT2D eigenvalue weighted by Gasteiger charge is -2.47. The first-order valence-electron chi connectivity index (χ1n) is 14.5. The van der Waals surface area contributed by atoms with Gasteiger partial charge in [-0.15, -0.1) is 0 Å². The Balaban J connectivity index is 1.06. The summed E-state index contributed by atoms with van der Waals surface area (Å²) in [5.41, 5.74) is 1.20. The number of hydrogen-bond donors (Lipinski definition) is 1. The number of hydrogen-bond acceptors (Lipinski definition) is 8. The van der Waals surface area contributed by atoms with Crippen molar-refractivity contribution in [1.29, 1.82) is 0 Å². The molecule has 0 saturated carbocycles. The van der Waals surface area contributed by atoms with E-state index in [1.165, 1.54) is 6.07 Å². The number of rotatable bonds is 8. The average Bonchev–Trinajstić information content (AvgIpc) is 2.95. The molecule has 0 bridgehead atoms. The summed E-state index contributed by atoms with van der Waals surface area (Å²) in [4.78, 5) is 38.1. The first kappa shape index (κ1) is 28.4. The van der Waals surface area contributed by atoms with Gasteiger partial charge in [-0.3, -0.25) is 19.4 Å². The number of benzene rings is 1. The van der Waals surface area contributed by atoms with Gasteiger partial charge in [-0.25, -0.2) is 9.37 Å². The highest BCUT2D eigenvalue weighted by Crippen LogP contribution is 2.33. The second-order valence-corrected chi connectivity index (χ2v) is 12.2. The Bertz CT molecular complexity index is 1480. The molecule has 0 amide bonds. The fraction of sp³-hybridized carbons (Fsp3) is 0.500. The number of nitrogens with one attached hydrogen (secondary N) is 1. The molecule has 8 nitrogen and oxygen atoms in total. The molecule has 1 aromatic heterocycles. The van der Waals surface area contributed by atoms with Gasteiger partial charge in [0.1, 0.15) is 23.0 Å². The van der Waals surface area contributed by atoms with Crippen LogP contribution in [0.15, 0.2) is 40.1 Å². The second-order valence-electron chi connectivity index (χ2n) is 11.4. The summed E-state index contributed by atoms with van der Waals surface area (Å²) in [5.74, 6) is 0.501. The van der Waals surface area contributed by atoms with Crippen LogP contribution in [0.5, 0.6) is 0 Å². The summed E-state index contributed by atoms with van der Waals surface area (Å²) in [5, 5.41) is 4.03. The number of likely N-dealkylation sites (tertiary alicyclic amines) is 1. The van der Waals surface area contributed by atoms with E-state index < -0.39 is 10.9 Å². The zero-order valence-electron chi connectivity index (χ0n) is 23.2. The van der Waals surface area contributed by atoms with E-state index in [9.17, 15) is 14.0 Å². The summed E-state index contributed by atoms with van der Waals surface area (Å²) in [6.45, 7) is 8.89. The molecule has 0 radical (unpaired) electrons. The van der Waals surface area contributed by atoms with Crippen LogP contribution >= 0.6 is 23.2 Å². The molecule has 218 valence electrons. The number of piperazine rings is 1. The minimum atomic E-state index is -0.489. The first-order chi connectivity index (χ1) is 19.8. The number of nitrogens with zero attached hydrogens (tertiary/aromatic N) is 5. The Morgan fingerprint density at radius 1 is 1.00 bits per heavy atom. The van der Waals surface area contributed by atoms with Gasteiger partial charge >= 0.3 is 0 Å². The first-order valence-corrected chi connectivity index (χ1v) is 15.3. The van der Waals surface area contributed by atoms with Crippen molar-refractivity contribution in [2.75, 3.05) is 60.9 Å². The molecular weight excluding hydrogens is 566 g/mol. The van der Waals surface area contributed by atoms with Crippen molar-refractivity contribution in [3.63, 3.8) is 0 Å². The van der Waals surface area contributed by atoms with Gasteiger partial charge in [0, 0.05) is 61.9 Å². The lowest BCUT2D eigenvalue weighted by atomic mass is 9.97. The highest BCUT2D eigenvalue weighted by atomic mass is 35.5. The molecule has 3 aliphatic heterocycles. The molecule has 1 atom stereocenters. The Labute approximate surface area is 249 Å². The smallest absolute Gasteiger partial charge is 0.253 e. The molecule has 4 heterocycles. The molecule has 11 heteroatoms. The molecule has 3 fully saturated rings.